The average Bonchev–Trinajstić information content (AvgIpc) is 3.00. The molecule has 0 spiro atoms. The summed E-state index contributed by atoms with van der Waals surface area (Å²) in [5.74, 6) is 2.25. The summed E-state index contributed by atoms with van der Waals surface area (Å²) in [6, 6.07) is 12.2. The van der Waals surface area contributed by atoms with Crippen molar-refractivity contribution in [3.63, 3.8) is 0 Å². The molecule has 0 N–H and O–H groups in total. The molecule has 1 saturated heterocycles. The molecular weight excluding hydrogens is 460 g/mol. The standard InChI is InChI=1S/C24H27N2O2S.BrH/c1-28-18-8-10-22-20(15-18)24(27)19-14-17(7-9-21(19)29-22)16-26-13-5-12-25-11-4-2-3-6-23(25)26;/h7-10,14-15H,2-6,11-13,16H2,1H3;1H/q+1;/p-1. The number of methoxy groups -OCH3 is 1. The zero-order chi connectivity index (χ0) is 19.8. The van der Waals surface area contributed by atoms with Gasteiger partial charge in [0.1, 0.15) is 12.3 Å². The Balaban J connectivity index is 0.00000218. The van der Waals surface area contributed by atoms with Gasteiger partial charge in [-0.25, -0.2) is 0 Å². The predicted molar refractivity (Wildman–Crippen MR) is 121 cm³/mol. The highest BCUT2D eigenvalue weighted by Crippen LogP contribution is 2.28. The van der Waals surface area contributed by atoms with E-state index in [1.165, 1.54) is 56.6 Å². The van der Waals surface area contributed by atoms with Crippen LogP contribution in [0.2, 0.25) is 0 Å². The predicted octanol–water partition coefficient (Wildman–Crippen LogP) is 1.62. The molecule has 0 amide bonds. The molecule has 2 aromatic carbocycles. The molecule has 30 heavy (non-hydrogen) atoms. The fourth-order valence-electron chi connectivity index (χ4n) is 4.73. The van der Waals surface area contributed by atoms with Crippen LogP contribution >= 0.6 is 11.3 Å². The van der Waals surface area contributed by atoms with Crippen LogP contribution in [0.5, 0.6) is 5.75 Å². The summed E-state index contributed by atoms with van der Waals surface area (Å²) in [5.41, 5.74) is 1.33. The Kier molecular flexibility index (Phi) is 6.44. The molecule has 2 aliphatic rings. The Hall–Kier alpha value is -1.92. The van der Waals surface area contributed by atoms with E-state index in [4.69, 9.17) is 4.74 Å². The number of nitrogens with zero attached hydrogens (tertiary/aromatic N) is 2. The van der Waals surface area contributed by atoms with Gasteiger partial charge in [-0.1, -0.05) is 6.07 Å². The monoisotopic (exact) mass is 486 g/mol. The van der Waals surface area contributed by atoms with Gasteiger partial charge in [-0.15, -0.1) is 11.3 Å². The van der Waals surface area contributed by atoms with Crippen LogP contribution in [0.3, 0.4) is 0 Å². The highest BCUT2D eigenvalue weighted by atomic mass is 79.9. The third-order valence-corrected chi connectivity index (χ3v) is 7.38. The van der Waals surface area contributed by atoms with Gasteiger partial charge in [-0.3, -0.25) is 14.3 Å². The lowest BCUT2D eigenvalue weighted by atomic mass is 10.1. The average molecular weight is 487 g/mol. The fourth-order valence-corrected chi connectivity index (χ4v) is 5.76. The lowest BCUT2D eigenvalue weighted by Crippen LogP contribution is -3.00. The molecule has 4 nitrogen and oxygen atoms in total. The summed E-state index contributed by atoms with van der Waals surface area (Å²) in [6.07, 6.45) is 6.34. The van der Waals surface area contributed by atoms with Crippen molar-refractivity contribution in [1.29, 1.82) is 0 Å². The number of fused-ring (bicyclic) bond motifs is 3. The Labute approximate surface area is 191 Å². The molecule has 3 aromatic rings. The SMILES string of the molecule is COc1ccc2sc3ccc(C[N+]4=C5CCCCCN5CCC4)cc3c(=O)c2c1.[Br-]. The van der Waals surface area contributed by atoms with Crippen LogP contribution in [0.15, 0.2) is 41.2 Å². The van der Waals surface area contributed by atoms with E-state index in [0.29, 0.717) is 0 Å². The van der Waals surface area contributed by atoms with Crippen LogP contribution in [0.25, 0.3) is 20.2 Å². The number of hydrogen-bond donors (Lipinski definition) is 0. The van der Waals surface area contributed by atoms with Gasteiger partial charge in [-0.2, -0.15) is 0 Å². The Morgan fingerprint density at radius 2 is 1.77 bits per heavy atom. The van der Waals surface area contributed by atoms with Crippen molar-refractivity contribution < 1.29 is 26.3 Å². The van der Waals surface area contributed by atoms with Crippen molar-refractivity contribution in [1.82, 2.24) is 4.90 Å². The number of halogens is 1. The van der Waals surface area contributed by atoms with Crippen LogP contribution in [0, 0.1) is 0 Å². The first-order chi connectivity index (χ1) is 14.2. The van der Waals surface area contributed by atoms with Gasteiger partial charge in [0.2, 0.25) is 5.84 Å². The second-order valence-electron chi connectivity index (χ2n) is 8.11. The number of ether oxygens (including phenoxy) is 1. The van der Waals surface area contributed by atoms with Crippen molar-refractivity contribution >= 4 is 37.3 Å². The quantitative estimate of drug-likeness (QED) is 0.416. The van der Waals surface area contributed by atoms with Crippen LogP contribution < -0.4 is 27.1 Å². The molecule has 0 atom stereocenters. The van der Waals surface area contributed by atoms with Gasteiger partial charge in [0.15, 0.2) is 5.43 Å². The molecule has 158 valence electrons. The second kappa shape index (κ2) is 9.06. The first kappa shape index (κ1) is 21.3. The lowest BCUT2D eigenvalue weighted by molar-refractivity contribution is -0.555. The van der Waals surface area contributed by atoms with E-state index in [1.807, 2.05) is 18.2 Å². The molecule has 0 radical (unpaired) electrons. The highest BCUT2D eigenvalue weighted by Gasteiger charge is 2.28. The zero-order valence-electron chi connectivity index (χ0n) is 17.3. The maximum atomic E-state index is 13.2. The molecule has 6 heteroatoms. The molecule has 0 bridgehead atoms. The second-order valence-corrected chi connectivity index (χ2v) is 9.20. The molecule has 2 aliphatic heterocycles. The van der Waals surface area contributed by atoms with Crippen LogP contribution in [0.4, 0.5) is 0 Å². The maximum absolute atomic E-state index is 13.2. The first-order valence-electron chi connectivity index (χ1n) is 10.6. The molecule has 1 fully saturated rings. The first-order valence-corrected chi connectivity index (χ1v) is 11.4. The van der Waals surface area contributed by atoms with Crippen molar-refractivity contribution in [3.05, 3.63) is 52.2 Å². The summed E-state index contributed by atoms with van der Waals surface area (Å²) < 4.78 is 9.94. The topological polar surface area (TPSA) is 32.5 Å². The van der Waals surface area contributed by atoms with Gasteiger partial charge in [-0.05, 0) is 55.2 Å². The van der Waals surface area contributed by atoms with E-state index >= 15 is 0 Å². The Morgan fingerprint density at radius 1 is 1.00 bits per heavy atom. The number of amidine groups is 1. The number of rotatable bonds is 3. The van der Waals surface area contributed by atoms with E-state index in [2.05, 4.69) is 27.7 Å². The minimum atomic E-state index is 0. The maximum Gasteiger partial charge on any atom is 0.247 e. The van der Waals surface area contributed by atoms with Crippen molar-refractivity contribution in [2.75, 3.05) is 26.7 Å². The molecule has 0 aliphatic carbocycles. The highest BCUT2D eigenvalue weighted by molar-refractivity contribution is 7.24. The van der Waals surface area contributed by atoms with Gasteiger partial charge < -0.3 is 21.7 Å². The van der Waals surface area contributed by atoms with Gasteiger partial charge in [0, 0.05) is 33.0 Å². The van der Waals surface area contributed by atoms with Crippen molar-refractivity contribution in [2.45, 2.75) is 38.6 Å². The van der Waals surface area contributed by atoms with E-state index < -0.39 is 0 Å². The van der Waals surface area contributed by atoms with Gasteiger partial charge in [0.25, 0.3) is 0 Å². The Bertz CT molecular complexity index is 1170. The third-order valence-electron chi connectivity index (χ3n) is 6.23. The summed E-state index contributed by atoms with van der Waals surface area (Å²) >= 11 is 1.68. The van der Waals surface area contributed by atoms with Crippen molar-refractivity contribution in [2.24, 2.45) is 0 Å². The third kappa shape index (κ3) is 4.00. The molecule has 0 unspecified atom stereocenters. The van der Waals surface area contributed by atoms with Crippen LogP contribution in [0.1, 0.15) is 37.7 Å². The van der Waals surface area contributed by atoms with E-state index in [-0.39, 0.29) is 22.4 Å². The summed E-state index contributed by atoms with van der Waals surface area (Å²) in [4.78, 5) is 15.8. The smallest absolute Gasteiger partial charge is 0.247 e. The van der Waals surface area contributed by atoms with Gasteiger partial charge in [0.05, 0.1) is 26.7 Å². The van der Waals surface area contributed by atoms with Crippen LogP contribution in [-0.2, 0) is 6.54 Å². The van der Waals surface area contributed by atoms with E-state index in [9.17, 15) is 4.79 Å². The summed E-state index contributed by atoms with van der Waals surface area (Å²) in [6.45, 7) is 4.40. The Morgan fingerprint density at radius 3 is 2.60 bits per heavy atom. The molecule has 5 rings (SSSR count). The van der Waals surface area contributed by atoms with Crippen LogP contribution in [-0.4, -0.2) is 42.1 Å². The van der Waals surface area contributed by atoms with Crippen molar-refractivity contribution in [3.8, 4) is 5.75 Å². The lowest BCUT2D eigenvalue weighted by Gasteiger charge is -2.26. The number of hydrogen-bond acceptors (Lipinski definition) is 4. The summed E-state index contributed by atoms with van der Waals surface area (Å²) in [7, 11) is 1.64. The van der Waals surface area contributed by atoms with E-state index in [1.54, 1.807) is 18.4 Å². The minimum Gasteiger partial charge on any atom is -1.00 e. The largest absolute Gasteiger partial charge is 1.00 e. The van der Waals surface area contributed by atoms with Gasteiger partial charge >= 0.3 is 0 Å². The normalized spacial score (nSPS) is 16.9. The molecule has 1 aromatic heterocycles. The molecule has 0 saturated carbocycles. The fraction of sp³-hybridized carbons (Fsp3) is 0.417. The van der Waals surface area contributed by atoms with E-state index in [0.717, 1.165) is 39.0 Å². The number of benzene rings is 2. The minimum absolute atomic E-state index is 0. The molecule has 3 heterocycles. The molecular formula is C24H27BrN2O2S. The summed E-state index contributed by atoms with van der Waals surface area (Å²) in [5, 5.41) is 1.58. The zero-order valence-corrected chi connectivity index (χ0v) is 19.7.